The molecule has 1 saturated heterocycles. The Morgan fingerprint density at radius 1 is 0.938 bits per heavy atom. The number of benzene rings is 2. The second-order valence-corrected chi connectivity index (χ2v) is 9.62. The maximum atomic E-state index is 13.5. The normalized spacial score (nSPS) is 32.5. The van der Waals surface area contributed by atoms with Gasteiger partial charge in [-0.25, -0.2) is 4.90 Å². The Balaban J connectivity index is 1.29. The molecule has 4 aliphatic carbocycles. The minimum absolute atomic E-state index is 0.127. The molecule has 32 heavy (non-hydrogen) atoms. The number of rotatable bonds is 5. The Hall–Kier alpha value is -3.21. The molecule has 2 amide bonds. The number of ether oxygens (including phenoxy) is 1. The molecule has 5 heteroatoms. The Morgan fingerprint density at radius 2 is 1.53 bits per heavy atom. The fraction of sp³-hybridized carbons (Fsp3) is 0.370. The van der Waals surface area contributed by atoms with Gasteiger partial charge in [-0.2, -0.15) is 0 Å². The first-order valence-electron chi connectivity index (χ1n) is 11.4. The van der Waals surface area contributed by atoms with E-state index in [-0.39, 0.29) is 41.3 Å². The van der Waals surface area contributed by atoms with Gasteiger partial charge in [0.25, 0.3) is 0 Å². The van der Waals surface area contributed by atoms with Gasteiger partial charge in [-0.15, -0.1) is 0 Å². The molecule has 7 atom stereocenters. The molecule has 1 aliphatic heterocycles. The lowest BCUT2D eigenvalue weighted by Gasteiger charge is -2.37. The summed E-state index contributed by atoms with van der Waals surface area (Å²) in [4.78, 5) is 41.2. The minimum atomic E-state index is -0.751. The van der Waals surface area contributed by atoms with Crippen molar-refractivity contribution in [2.45, 2.75) is 26.4 Å². The lowest BCUT2D eigenvalue weighted by Crippen LogP contribution is -2.40. The van der Waals surface area contributed by atoms with Crippen LogP contribution < -0.4 is 9.64 Å². The number of nitrogens with zero attached hydrogens (tertiary/aromatic N) is 1. The molecule has 162 valence electrons. The van der Waals surface area contributed by atoms with Gasteiger partial charge < -0.3 is 4.74 Å². The number of hydrogen-bond donors (Lipinski definition) is 0. The third kappa shape index (κ3) is 2.73. The van der Waals surface area contributed by atoms with Crippen molar-refractivity contribution in [2.75, 3.05) is 4.90 Å². The summed E-state index contributed by atoms with van der Waals surface area (Å²) in [5, 5.41) is 0. The first-order chi connectivity index (χ1) is 15.5. The van der Waals surface area contributed by atoms with E-state index < -0.39 is 6.10 Å². The Bertz CT molecular complexity index is 1130. The number of hydrogen-bond acceptors (Lipinski definition) is 4. The number of aryl methyl sites for hydroxylation is 1. The summed E-state index contributed by atoms with van der Waals surface area (Å²) in [6.45, 7) is 3.67. The second-order valence-electron chi connectivity index (χ2n) is 9.62. The predicted molar refractivity (Wildman–Crippen MR) is 119 cm³/mol. The van der Waals surface area contributed by atoms with E-state index in [9.17, 15) is 14.4 Å². The number of carbonyl (C=O) groups excluding carboxylic acids is 3. The number of carbonyl (C=O) groups is 3. The molecule has 3 fully saturated rings. The molecule has 5 nitrogen and oxygen atoms in total. The lowest BCUT2D eigenvalue weighted by molar-refractivity contribution is -0.124. The Morgan fingerprint density at radius 3 is 2.16 bits per heavy atom. The average molecular weight is 428 g/mol. The van der Waals surface area contributed by atoms with Gasteiger partial charge in [0.2, 0.25) is 17.6 Å². The van der Waals surface area contributed by atoms with Crippen molar-refractivity contribution in [1.82, 2.24) is 0 Å². The molecule has 7 rings (SSSR count). The van der Waals surface area contributed by atoms with Crippen LogP contribution in [-0.4, -0.2) is 23.7 Å². The number of ketones is 1. The Labute approximate surface area is 187 Å². The highest BCUT2D eigenvalue weighted by Crippen LogP contribution is 2.65. The lowest BCUT2D eigenvalue weighted by atomic mass is 9.63. The number of para-hydroxylation sites is 2. The number of amides is 2. The zero-order valence-corrected chi connectivity index (χ0v) is 18.1. The van der Waals surface area contributed by atoms with E-state index in [1.807, 2.05) is 19.1 Å². The SMILES string of the molecule is Cc1ccc(C(=O)[C@H](C)Oc2ccccc2N2C(=O)[C@@H]3[C@H]4C=C[C@@H]([C@@H]5C[C@H]45)[C@@H]3C2=O)cc1. The van der Waals surface area contributed by atoms with E-state index >= 15 is 0 Å². The fourth-order valence-corrected chi connectivity index (χ4v) is 6.13. The third-order valence-corrected chi connectivity index (χ3v) is 7.78. The van der Waals surface area contributed by atoms with Gasteiger partial charge in [0.15, 0.2) is 6.10 Å². The van der Waals surface area contributed by atoms with Crippen molar-refractivity contribution >= 4 is 23.3 Å². The smallest absolute Gasteiger partial charge is 0.238 e. The standard InChI is InChI=1S/C27H25NO4/c1-14-7-9-16(10-8-14)25(29)15(2)32-22-6-4-3-5-21(22)28-26(30)23-17-11-12-18(20-13-19(17)20)24(23)27(28)31/h3-12,15,17-20,23-24H,13H2,1-2H3/t15-,17-,18-,19-,20+,23-,24+/m0/s1. The van der Waals surface area contributed by atoms with Gasteiger partial charge in [0.05, 0.1) is 17.5 Å². The zero-order valence-electron chi connectivity index (χ0n) is 18.1. The predicted octanol–water partition coefficient (Wildman–Crippen LogP) is 4.20. The number of anilines is 1. The van der Waals surface area contributed by atoms with Crippen molar-refractivity contribution < 1.29 is 19.1 Å². The molecule has 1 heterocycles. The van der Waals surface area contributed by atoms with Crippen LogP contribution in [0.5, 0.6) is 5.75 Å². The van der Waals surface area contributed by atoms with E-state index in [1.54, 1.807) is 43.3 Å². The van der Waals surface area contributed by atoms with Crippen LogP contribution in [0.15, 0.2) is 60.7 Å². The highest BCUT2D eigenvalue weighted by molar-refractivity contribution is 6.23. The van der Waals surface area contributed by atoms with Crippen LogP contribution in [0.4, 0.5) is 5.69 Å². The third-order valence-electron chi connectivity index (χ3n) is 7.78. The fourth-order valence-electron chi connectivity index (χ4n) is 6.13. The average Bonchev–Trinajstić information content (AvgIpc) is 3.58. The molecule has 2 saturated carbocycles. The van der Waals surface area contributed by atoms with Crippen molar-refractivity contribution in [3.8, 4) is 5.75 Å². The minimum Gasteiger partial charge on any atom is -0.480 e. The number of imide groups is 1. The van der Waals surface area contributed by atoms with Crippen LogP contribution >= 0.6 is 0 Å². The summed E-state index contributed by atoms with van der Waals surface area (Å²) >= 11 is 0. The van der Waals surface area contributed by atoms with Gasteiger partial charge >= 0.3 is 0 Å². The van der Waals surface area contributed by atoms with E-state index in [4.69, 9.17) is 4.74 Å². The van der Waals surface area contributed by atoms with Crippen molar-refractivity contribution in [1.29, 1.82) is 0 Å². The Kier molecular flexibility index (Phi) is 4.19. The summed E-state index contributed by atoms with van der Waals surface area (Å²) in [5.74, 6) is 0.917. The quantitative estimate of drug-likeness (QED) is 0.408. The van der Waals surface area contributed by atoms with E-state index in [0.29, 0.717) is 28.8 Å². The molecule has 5 aliphatic rings. The summed E-state index contributed by atoms with van der Waals surface area (Å²) in [6.07, 6.45) is 4.71. The molecule has 0 radical (unpaired) electrons. The van der Waals surface area contributed by atoms with Gasteiger partial charge in [-0.1, -0.05) is 54.1 Å². The summed E-state index contributed by atoms with van der Waals surface area (Å²) in [7, 11) is 0. The monoisotopic (exact) mass is 427 g/mol. The number of Topliss-reactive ketones (excluding diaryl/α,β-unsaturated/α-hetero) is 1. The van der Waals surface area contributed by atoms with Crippen LogP contribution in [0.3, 0.4) is 0 Å². The van der Waals surface area contributed by atoms with Crippen molar-refractivity contribution in [3.63, 3.8) is 0 Å². The van der Waals surface area contributed by atoms with E-state index in [0.717, 1.165) is 12.0 Å². The van der Waals surface area contributed by atoms with Crippen LogP contribution in [0.1, 0.15) is 29.3 Å². The van der Waals surface area contributed by atoms with Gasteiger partial charge in [0, 0.05) is 5.56 Å². The highest BCUT2D eigenvalue weighted by atomic mass is 16.5. The first kappa shape index (κ1) is 19.5. The molecule has 0 N–H and O–H groups in total. The molecular weight excluding hydrogens is 402 g/mol. The van der Waals surface area contributed by atoms with E-state index in [1.165, 1.54) is 4.90 Å². The topological polar surface area (TPSA) is 63.7 Å². The first-order valence-corrected chi connectivity index (χ1v) is 11.4. The largest absolute Gasteiger partial charge is 0.480 e. The van der Waals surface area contributed by atoms with Gasteiger partial charge in [-0.05, 0) is 56.1 Å². The summed E-state index contributed by atoms with van der Waals surface area (Å²) in [6, 6.07) is 14.4. The van der Waals surface area contributed by atoms with Crippen LogP contribution in [0, 0.1) is 42.4 Å². The van der Waals surface area contributed by atoms with Crippen LogP contribution in [0.2, 0.25) is 0 Å². The second kappa shape index (κ2) is 6.89. The van der Waals surface area contributed by atoms with Crippen molar-refractivity contribution in [3.05, 3.63) is 71.8 Å². The molecule has 0 spiro atoms. The van der Waals surface area contributed by atoms with Crippen LogP contribution in [-0.2, 0) is 9.59 Å². The summed E-state index contributed by atoms with van der Waals surface area (Å²) in [5.41, 5.74) is 2.09. The maximum Gasteiger partial charge on any atom is 0.238 e. The maximum absolute atomic E-state index is 13.5. The highest BCUT2D eigenvalue weighted by Gasteiger charge is 2.67. The van der Waals surface area contributed by atoms with Crippen molar-refractivity contribution in [2.24, 2.45) is 35.5 Å². The van der Waals surface area contributed by atoms with Gasteiger partial charge in [-0.3, -0.25) is 14.4 Å². The molecule has 0 aromatic heterocycles. The summed E-state index contributed by atoms with van der Waals surface area (Å²) < 4.78 is 6.04. The molecular formula is C27H25NO4. The van der Waals surface area contributed by atoms with Crippen LogP contribution in [0.25, 0.3) is 0 Å². The van der Waals surface area contributed by atoms with Gasteiger partial charge in [0.1, 0.15) is 5.75 Å². The molecule has 2 bridgehead atoms. The molecule has 2 aromatic carbocycles. The molecule has 2 aromatic rings. The van der Waals surface area contributed by atoms with E-state index in [2.05, 4.69) is 12.2 Å². The zero-order chi connectivity index (χ0) is 22.1. The number of allylic oxidation sites excluding steroid dienone is 2. The molecule has 0 unspecified atom stereocenters.